The summed E-state index contributed by atoms with van der Waals surface area (Å²) >= 11 is 6.32. The number of carbonyl (C=O) groups excluding carboxylic acids is 2. The zero-order valence-electron chi connectivity index (χ0n) is 17.0. The highest BCUT2D eigenvalue weighted by Gasteiger charge is 2.47. The van der Waals surface area contributed by atoms with E-state index in [1.807, 2.05) is 55.5 Å². The van der Waals surface area contributed by atoms with E-state index in [9.17, 15) is 14.7 Å². The minimum atomic E-state index is -0.801. The number of ether oxygens (including phenoxy) is 1. The number of amides is 1. The molecule has 0 radical (unpaired) electrons. The Kier molecular flexibility index (Phi) is 5.53. The average Bonchev–Trinajstić information content (AvgIpc) is 3.05. The monoisotopic (exact) mass is 433 g/mol. The van der Waals surface area contributed by atoms with Crippen LogP contribution in [0.15, 0.2) is 78.4 Å². The molecule has 1 saturated heterocycles. The highest BCUT2D eigenvalue weighted by Crippen LogP contribution is 2.43. The van der Waals surface area contributed by atoms with Crippen molar-refractivity contribution < 1.29 is 19.4 Å². The van der Waals surface area contributed by atoms with Crippen molar-refractivity contribution >= 4 is 34.7 Å². The van der Waals surface area contributed by atoms with Crippen LogP contribution in [-0.2, 0) is 9.59 Å². The Morgan fingerprint density at radius 2 is 1.74 bits per heavy atom. The number of ketones is 1. The molecule has 0 saturated carbocycles. The summed E-state index contributed by atoms with van der Waals surface area (Å²) in [5.74, 6) is -1.35. The number of benzene rings is 3. The molecule has 3 aromatic carbocycles. The van der Waals surface area contributed by atoms with Gasteiger partial charge in [0.15, 0.2) is 0 Å². The van der Waals surface area contributed by atoms with E-state index in [0.717, 1.165) is 5.56 Å². The zero-order valence-corrected chi connectivity index (χ0v) is 17.8. The van der Waals surface area contributed by atoms with Crippen molar-refractivity contribution in [3.05, 3.63) is 100 Å². The number of nitrogens with zero attached hydrogens (tertiary/aromatic N) is 1. The molecule has 4 rings (SSSR count). The Labute approximate surface area is 185 Å². The molecule has 1 aliphatic rings. The maximum atomic E-state index is 13.2. The van der Waals surface area contributed by atoms with E-state index in [0.29, 0.717) is 17.0 Å². The van der Waals surface area contributed by atoms with Gasteiger partial charge in [0.2, 0.25) is 0 Å². The molecule has 31 heavy (non-hydrogen) atoms. The van der Waals surface area contributed by atoms with Crippen molar-refractivity contribution in [1.82, 2.24) is 0 Å². The van der Waals surface area contributed by atoms with Crippen LogP contribution >= 0.6 is 11.6 Å². The molecule has 0 spiro atoms. The number of hydrogen-bond acceptors (Lipinski definition) is 4. The van der Waals surface area contributed by atoms with Gasteiger partial charge in [-0.2, -0.15) is 0 Å². The third kappa shape index (κ3) is 3.68. The van der Waals surface area contributed by atoms with Gasteiger partial charge in [-0.25, -0.2) is 0 Å². The van der Waals surface area contributed by atoms with Crippen LogP contribution in [0.4, 0.5) is 5.69 Å². The summed E-state index contributed by atoms with van der Waals surface area (Å²) in [6.45, 7) is 1.91. The van der Waals surface area contributed by atoms with E-state index in [-0.39, 0.29) is 21.9 Å². The molecule has 1 fully saturated rings. The van der Waals surface area contributed by atoms with E-state index in [2.05, 4.69) is 0 Å². The topological polar surface area (TPSA) is 66.8 Å². The quantitative estimate of drug-likeness (QED) is 0.345. The van der Waals surface area contributed by atoms with E-state index >= 15 is 0 Å². The number of methoxy groups -OCH3 is 1. The molecule has 0 bridgehead atoms. The first-order valence-electron chi connectivity index (χ1n) is 9.69. The van der Waals surface area contributed by atoms with Gasteiger partial charge in [0.25, 0.3) is 11.7 Å². The van der Waals surface area contributed by atoms with Gasteiger partial charge in [-0.15, -0.1) is 0 Å². The number of rotatable bonds is 4. The first-order chi connectivity index (χ1) is 14.9. The number of hydrogen-bond donors (Lipinski definition) is 1. The molecule has 0 aliphatic carbocycles. The largest absolute Gasteiger partial charge is 0.507 e. The Morgan fingerprint density at radius 1 is 1.00 bits per heavy atom. The van der Waals surface area contributed by atoms with Crippen LogP contribution in [0.5, 0.6) is 5.75 Å². The molecule has 1 amide bonds. The summed E-state index contributed by atoms with van der Waals surface area (Å²) in [4.78, 5) is 27.7. The van der Waals surface area contributed by atoms with Crippen LogP contribution in [0, 0.1) is 6.92 Å². The van der Waals surface area contributed by atoms with E-state index in [1.54, 1.807) is 24.3 Å². The standard InChI is InChI=1S/C25H20ClNO4/c1-15-7-6-10-17(13-15)27-22(16-8-4-3-5-9-16)21(24(29)25(27)30)23(28)19-14-18(31-2)11-12-20(19)26/h3-14,22,28H,1-2H3/b23-21+. The Balaban J connectivity index is 1.97. The molecular weight excluding hydrogens is 414 g/mol. The summed E-state index contributed by atoms with van der Waals surface area (Å²) in [5, 5.41) is 11.4. The Hall–Kier alpha value is -3.57. The molecule has 1 N–H and O–H groups in total. The molecule has 5 nitrogen and oxygen atoms in total. The highest BCUT2D eigenvalue weighted by molar-refractivity contribution is 6.52. The fraction of sp³-hybridized carbons (Fsp3) is 0.120. The first kappa shape index (κ1) is 20.7. The normalized spacial score (nSPS) is 17.8. The summed E-state index contributed by atoms with van der Waals surface area (Å²) in [6.07, 6.45) is 0. The van der Waals surface area contributed by atoms with Crippen LogP contribution in [-0.4, -0.2) is 23.9 Å². The summed E-state index contributed by atoms with van der Waals surface area (Å²) in [6, 6.07) is 20.4. The number of carbonyl (C=O) groups is 2. The SMILES string of the molecule is COc1ccc(Cl)c(/C(O)=C2\C(=O)C(=O)N(c3cccc(C)c3)C2c2ccccc2)c1. The van der Waals surface area contributed by atoms with Gasteiger partial charge in [-0.1, -0.05) is 54.1 Å². The number of aliphatic hydroxyl groups is 1. The van der Waals surface area contributed by atoms with Gasteiger partial charge < -0.3 is 9.84 Å². The number of aryl methyl sites for hydroxylation is 1. The van der Waals surface area contributed by atoms with Crippen LogP contribution in [0.1, 0.15) is 22.7 Å². The average molecular weight is 434 g/mol. The van der Waals surface area contributed by atoms with Crippen LogP contribution in [0.2, 0.25) is 5.02 Å². The predicted molar refractivity (Wildman–Crippen MR) is 120 cm³/mol. The smallest absolute Gasteiger partial charge is 0.300 e. The second kappa shape index (κ2) is 8.28. The third-order valence-corrected chi connectivity index (χ3v) is 5.60. The lowest BCUT2D eigenvalue weighted by atomic mass is 9.95. The minimum absolute atomic E-state index is 0.0205. The summed E-state index contributed by atoms with van der Waals surface area (Å²) in [7, 11) is 1.49. The van der Waals surface area contributed by atoms with Gasteiger partial charge in [-0.05, 0) is 48.4 Å². The maximum Gasteiger partial charge on any atom is 0.300 e. The lowest BCUT2D eigenvalue weighted by Gasteiger charge is -2.25. The molecule has 3 aromatic rings. The van der Waals surface area contributed by atoms with Gasteiger partial charge >= 0.3 is 0 Å². The molecule has 1 unspecified atom stereocenters. The van der Waals surface area contributed by atoms with E-state index < -0.39 is 17.7 Å². The molecule has 1 aliphatic heterocycles. The second-order valence-electron chi connectivity index (χ2n) is 7.26. The lowest BCUT2D eigenvalue weighted by Crippen LogP contribution is -2.29. The van der Waals surface area contributed by atoms with Crippen molar-refractivity contribution in [2.75, 3.05) is 12.0 Å². The van der Waals surface area contributed by atoms with Crippen molar-refractivity contribution in [2.24, 2.45) is 0 Å². The second-order valence-corrected chi connectivity index (χ2v) is 7.67. The van der Waals surface area contributed by atoms with Crippen LogP contribution in [0.3, 0.4) is 0 Å². The minimum Gasteiger partial charge on any atom is -0.507 e. The summed E-state index contributed by atoms with van der Waals surface area (Å²) < 4.78 is 5.23. The number of halogens is 1. The van der Waals surface area contributed by atoms with Gasteiger partial charge in [-0.3, -0.25) is 14.5 Å². The number of anilines is 1. The maximum absolute atomic E-state index is 13.2. The molecular formula is C25H20ClNO4. The third-order valence-electron chi connectivity index (χ3n) is 5.27. The van der Waals surface area contributed by atoms with E-state index in [1.165, 1.54) is 12.0 Å². The van der Waals surface area contributed by atoms with Gasteiger partial charge in [0.05, 0.1) is 23.7 Å². The molecule has 1 atom stereocenters. The fourth-order valence-corrected chi connectivity index (χ4v) is 3.99. The lowest BCUT2D eigenvalue weighted by molar-refractivity contribution is -0.132. The Bertz CT molecular complexity index is 1200. The zero-order chi connectivity index (χ0) is 22.1. The van der Waals surface area contributed by atoms with Crippen LogP contribution in [0.25, 0.3) is 5.76 Å². The molecule has 1 heterocycles. The number of aliphatic hydroxyl groups excluding tert-OH is 1. The molecule has 6 heteroatoms. The van der Waals surface area contributed by atoms with Gasteiger partial charge in [0, 0.05) is 11.3 Å². The number of Topliss-reactive ketones (excluding diaryl/α,β-unsaturated/α-hetero) is 1. The Morgan fingerprint density at radius 3 is 2.42 bits per heavy atom. The molecule has 156 valence electrons. The van der Waals surface area contributed by atoms with Crippen LogP contribution < -0.4 is 9.64 Å². The van der Waals surface area contributed by atoms with Crippen molar-refractivity contribution in [3.63, 3.8) is 0 Å². The van der Waals surface area contributed by atoms with Crippen molar-refractivity contribution in [2.45, 2.75) is 13.0 Å². The molecule has 0 aromatic heterocycles. The van der Waals surface area contributed by atoms with Gasteiger partial charge in [0.1, 0.15) is 11.5 Å². The first-order valence-corrected chi connectivity index (χ1v) is 10.1. The van der Waals surface area contributed by atoms with Crippen molar-refractivity contribution in [3.8, 4) is 5.75 Å². The fourth-order valence-electron chi connectivity index (χ4n) is 3.79. The summed E-state index contributed by atoms with van der Waals surface area (Å²) in [5.41, 5.74) is 2.43. The highest BCUT2D eigenvalue weighted by atomic mass is 35.5. The predicted octanol–water partition coefficient (Wildman–Crippen LogP) is 5.28. The van der Waals surface area contributed by atoms with Crippen molar-refractivity contribution in [1.29, 1.82) is 0 Å². The van der Waals surface area contributed by atoms with E-state index in [4.69, 9.17) is 16.3 Å².